The van der Waals surface area contributed by atoms with Gasteiger partial charge in [0.05, 0.1) is 13.0 Å². The highest BCUT2D eigenvalue weighted by atomic mass is 16.5. The second-order valence-corrected chi connectivity index (χ2v) is 3.45. The molecule has 0 saturated heterocycles. The van der Waals surface area contributed by atoms with E-state index >= 15 is 0 Å². The van der Waals surface area contributed by atoms with Crippen LogP contribution >= 0.6 is 0 Å². The van der Waals surface area contributed by atoms with Gasteiger partial charge in [-0.25, -0.2) is 9.78 Å². The Kier molecular flexibility index (Phi) is 4.51. The molecule has 0 aliphatic heterocycles. The number of hydrogen-bond acceptors (Lipinski definition) is 5. The molecule has 0 aliphatic carbocycles. The van der Waals surface area contributed by atoms with Crippen molar-refractivity contribution in [2.75, 3.05) is 6.61 Å². The number of Topliss-reactive ketones (excluding diaryl/α,β-unsaturated/α-hetero) is 2. The van der Waals surface area contributed by atoms with Crippen molar-refractivity contribution in [1.82, 2.24) is 4.98 Å². The summed E-state index contributed by atoms with van der Waals surface area (Å²) in [5, 5.41) is 0. The second kappa shape index (κ2) is 5.89. The fourth-order valence-electron chi connectivity index (χ4n) is 1.25. The molecule has 0 amide bonds. The van der Waals surface area contributed by atoms with Crippen LogP contribution in [-0.2, 0) is 9.53 Å². The zero-order chi connectivity index (χ0) is 12.8. The molecule has 0 spiro atoms. The van der Waals surface area contributed by atoms with E-state index in [1.807, 2.05) is 0 Å². The largest absolute Gasteiger partial charge is 0.461 e. The molecular formula is C12H13NO4. The van der Waals surface area contributed by atoms with E-state index in [0.29, 0.717) is 5.56 Å². The summed E-state index contributed by atoms with van der Waals surface area (Å²) in [4.78, 5) is 37.6. The highest BCUT2D eigenvalue weighted by Gasteiger charge is 2.13. The number of aromatic nitrogens is 1. The first-order chi connectivity index (χ1) is 8.04. The average molecular weight is 235 g/mol. The lowest BCUT2D eigenvalue weighted by atomic mass is 10.1. The SMILES string of the molecule is CCOC(=O)c1cc(C(=O)CC(C)=O)ccn1. The molecule has 90 valence electrons. The van der Waals surface area contributed by atoms with Gasteiger partial charge in [0.2, 0.25) is 0 Å². The van der Waals surface area contributed by atoms with Crippen LogP contribution in [0.5, 0.6) is 0 Å². The molecule has 0 atom stereocenters. The van der Waals surface area contributed by atoms with Crippen LogP contribution in [-0.4, -0.2) is 29.1 Å². The van der Waals surface area contributed by atoms with Gasteiger partial charge in [-0.05, 0) is 26.0 Å². The van der Waals surface area contributed by atoms with Crippen LogP contribution in [0, 0.1) is 0 Å². The number of hydrogen-bond donors (Lipinski definition) is 0. The number of rotatable bonds is 5. The normalized spacial score (nSPS) is 9.76. The van der Waals surface area contributed by atoms with E-state index in [1.54, 1.807) is 6.92 Å². The van der Waals surface area contributed by atoms with E-state index in [-0.39, 0.29) is 30.3 Å². The molecule has 17 heavy (non-hydrogen) atoms. The molecule has 0 radical (unpaired) electrons. The average Bonchev–Trinajstić information content (AvgIpc) is 2.28. The number of pyridine rings is 1. The number of carbonyl (C=O) groups is 3. The number of ether oxygens (including phenoxy) is 1. The summed E-state index contributed by atoms with van der Waals surface area (Å²) in [6.07, 6.45) is 1.17. The van der Waals surface area contributed by atoms with Crippen LogP contribution in [0.15, 0.2) is 18.3 Å². The third kappa shape index (κ3) is 3.79. The van der Waals surface area contributed by atoms with E-state index in [4.69, 9.17) is 4.74 Å². The molecule has 0 N–H and O–H groups in total. The summed E-state index contributed by atoms with van der Waals surface area (Å²) in [5.41, 5.74) is 0.361. The molecule has 1 rings (SSSR count). The molecule has 5 nitrogen and oxygen atoms in total. The van der Waals surface area contributed by atoms with Crippen LogP contribution < -0.4 is 0 Å². The van der Waals surface area contributed by atoms with Gasteiger partial charge in [-0.1, -0.05) is 0 Å². The fourth-order valence-corrected chi connectivity index (χ4v) is 1.25. The molecule has 1 aromatic heterocycles. The topological polar surface area (TPSA) is 73.3 Å². The Hall–Kier alpha value is -2.04. The number of esters is 1. The van der Waals surface area contributed by atoms with Gasteiger partial charge >= 0.3 is 5.97 Å². The predicted molar refractivity (Wildman–Crippen MR) is 59.8 cm³/mol. The van der Waals surface area contributed by atoms with Crippen molar-refractivity contribution in [2.45, 2.75) is 20.3 Å². The zero-order valence-corrected chi connectivity index (χ0v) is 9.73. The summed E-state index contributed by atoms with van der Waals surface area (Å²) in [5.74, 6) is -1.13. The van der Waals surface area contributed by atoms with Crippen LogP contribution in [0.2, 0.25) is 0 Å². The molecule has 0 bridgehead atoms. The Balaban J connectivity index is 2.89. The summed E-state index contributed by atoms with van der Waals surface area (Å²) in [6.45, 7) is 3.26. The van der Waals surface area contributed by atoms with Crippen molar-refractivity contribution >= 4 is 17.5 Å². The fraction of sp³-hybridized carbons (Fsp3) is 0.333. The Morgan fingerprint density at radius 2 is 2.06 bits per heavy atom. The summed E-state index contributed by atoms with van der Waals surface area (Å²) in [6, 6.07) is 2.80. The quantitative estimate of drug-likeness (QED) is 0.438. The van der Waals surface area contributed by atoms with Gasteiger partial charge in [0, 0.05) is 11.8 Å². The summed E-state index contributed by atoms with van der Waals surface area (Å²) < 4.78 is 4.76. The first-order valence-corrected chi connectivity index (χ1v) is 5.20. The van der Waals surface area contributed by atoms with E-state index in [1.165, 1.54) is 25.3 Å². The third-order valence-corrected chi connectivity index (χ3v) is 1.98. The minimum Gasteiger partial charge on any atom is -0.461 e. The molecule has 1 aromatic rings. The van der Waals surface area contributed by atoms with Crippen LogP contribution in [0.1, 0.15) is 41.1 Å². The lowest BCUT2D eigenvalue weighted by Gasteiger charge is -2.02. The Labute approximate surface area is 98.8 Å². The molecule has 0 unspecified atom stereocenters. The van der Waals surface area contributed by atoms with Crippen molar-refractivity contribution in [2.24, 2.45) is 0 Å². The van der Waals surface area contributed by atoms with Gasteiger partial charge in [-0.2, -0.15) is 0 Å². The lowest BCUT2D eigenvalue weighted by molar-refractivity contribution is -0.116. The smallest absolute Gasteiger partial charge is 0.356 e. The zero-order valence-electron chi connectivity index (χ0n) is 9.73. The maximum atomic E-state index is 11.6. The monoisotopic (exact) mass is 235 g/mol. The molecule has 0 aromatic carbocycles. The second-order valence-electron chi connectivity index (χ2n) is 3.45. The van der Waals surface area contributed by atoms with E-state index in [2.05, 4.69) is 4.98 Å². The van der Waals surface area contributed by atoms with Gasteiger partial charge in [-0.3, -0.25) is 9.59 Å². The van der Waals surface area contributed by atoms with Crippen LogP contribution in [0.4, 0.5) is 0 Å². The molecule has 5 heteroatoms. The Morgan fingerprint density at radius 1 is 1.35 bits per heavy atom. The van der Waals surface area contributed by atoms with Crippen molar-refractivity contribution in [3.8, 4) is 0 Å². The summed E-state index contributed by atoms with van der Waals surface area (Å²) in [7, 11) is 0. The van der Waals surface area contributed by atoms with Gasteiger partial charge in [0.1, 0.15) is 11.5 Å². The minimum absolute atomic E-state index is 0.0706. The lowest BCUT2D eigenvalue weighted by Crippen LogP contribution is -2.10. The molecule has 1 heterocycles. The molecule has 0 saturated carbocycles. The first-order valence-electron chi connectivity index (χ1n) is 5.20. The van der Waals surface area contributed by atoms with Gasteiger partial charge in [0.25, 0.3) is 0 Å². The number of ketones is 2. The van der Waals surface area contributed by atoms with Crippen molar-refractivity contribution in [3.05, 3.63) is 29.6 Å². The van der Waals surface area contributed by atoms with Crippen LogP contribution in [0.25, 0.3) is 0 Å². The molecular weight excluding hydrogens is 222 g/mol. The molecule has 0 aliphatic rings. The standard InChI is InChI=1S/C12H13NO4/c1-3-17-12(16)10-7-9(4-5-13-10)11(15)6-8(2)14/h4-5,7H,3,6H2,1-2H3. The van der Waals surface area contributed by atoms with Crippen LogP contribution in [0.3, 0.4) is 0 Å². The minimum atomic E-state index is -0.579. The highest BCUT2D eigenvalue weighted by Crippen LogP contribution is 2.07. The van der Waals surface area contributed by atoms with Crippen molar-refractivity contribution in [1.29, 1.82) is 0 Å². The van der Waals surface area contributed by atoms with E-state index < -0.39 is 5.97 Å². The maximum Gasteiger partial charge on any atom is 0.356 e. The van der Waals surface area contributed by atoms with E-state index in [9.17, 15) is 14.4 Å². The maximum absolute atomic E-state index is 11.6. The van der Waals surface area contributed by atoms with Gasteiger partial charge < -0.3 is 4.74 Å². The van der Waals surface area contributed by atoms with Gasteiger partial charge in [-0.15, -0.1) is 0 Å². The highest BCUT2D eigenvalue weighted by molar-refractivity contribution is 6.07. The van der Waals surface area contributed by atoms with Gasteiger partial charge in [0.15, 0.2) is 5.78 Å². The Morgan fingerprint density at radius 3 is 2.65 bits per heavy atom. The summed E-state index contributed by atoms with van der Waals surface area (Å²) >= 11 is 0. The molecule has 0 fully saturated rings. The Bertz CT molecular complexity index is 454. The number of nitrogens with zero attached hydrogens (tertiary/aromatic N) is 1. The predicted octanol–water partition coefficient (Wildman–Crippen LogP) is 1.42. The third-order valence-electron chi connectivity index (χ3n) is 1.98. The van der Waals surface area contributed by atoms with Crippen molar-refractivity contribution < 1.29 is 19.1 Å². The first kappa shape index (κ1) is 13.0. The van der Waals surface area contributed by atoms with E-state index in [0.717, 1.165) is 0 Å². The number of carbonyl (C=O) groups excluding carboxylic acids is 3. The van der Waals surface area contributed by atoms with Crippen molar-refractivity contribution in [3.63, 3.8) is 0 Å².